The first-order valence-corrected chi connectivity index (χ1v) is 12.4. The monoisotopic (exact) mass is 545 g/mol. The molecule has 10 heteroatoms. The number of carbonyl (C=O) groups is 1. The van der Waals surface area contributed by atoms with Crippen molar-refractivity contribution in [3.63, 3.8) is 0 Å². The minimum atomic E-state index is -3.97. The molecule has 0 aliphatic carbocycles. The number of hydrazone groups is 1. The summed E-state index contributed by atoms with van der Waals surface area (Å²) in [6.07, 6.45) is 1.43. The Morgan fingerprint density at radius 1 is 1.03 bits per heavy atom. The molecule has 3 aromatic rings. The Morgan fingerprint density at radius 3 is 2.38 bits per heavy atom. The number of benzene rings is 3. The van der Waals surface area contributed by atoms with E-state index in [-0.39, 0.29) is 11.4 Å². The third-order valence-electron chi connectivity index (χ3n) is 4.80. The molecular formula is C24H24BrN3O5S. The maximum Gasteiger partial charge on any atom is 0.255 e. The van der Waals surface area contributed by atoms with Crippen LogP contribution in [0, 0.1) is 0 Å². The van der Waals surface area contributed by atoms with Gasteiger partial charge in [0, 0.05) is 16.6 Å². The maximum atomic E-state index is 13.3. The van der Waals surface area contributed by atoms with E-state index in [1.165, 1.54) is 32.6 Å². The zero-order valence-corrected chi connectivity index (χ0v) is 21.0. The fourth-order valence-electron chi connectivity index (χ4n) is 3.09. The summed E-state index contributed by atoms with van der Waals surface area (Å²) in [7, 11) is -0.942. The van der Waals surface area contributed by atoms with Crippen LogP contribution in [-0.2, 0) is 21.4 Å². The highest BCUT2D eigenvalue weighted by atomic mass is 79.9. The fourth-order valence-corrected chi connectivity index (χ4v) is 4.85. The average Bonchev–Trinajstić information content (AvgIpc) is 2.84. The first kappa shape index (κ1) is 25.4. The molecule has 0 bridgehead atoms. The highest BCUT2D eigenvalue weighted by Crippen LogP contribution is 2.22. The van der Waals surface area contributed by atoms with Crippen molar-refractivity contribution in [1.29, 1.82) is 0 Å². The lowest BCUT2D eigenvalue weighted by Gasteiger charge is -2.21. The van der Waals surface area contributed by atoms with E-state index in [0.717, 1.165) is 14.3 Å². The van der Waals surface area contributed by atoms with Gasteiger partial charge < -0.3 is 9.47 Å². The second-order valence-electron chi connectivity index (χ2n) is 7.11. The summed E-state index contributed by atoms with van der Waals surface area (Å²) < 4.78 is 39.0. The molecule has 0 aliphatic heterocycles. The number of halogens is 1. The summed E-state index contributed by atoms with van der Waals surface area (Å²) >= 11 is 3.38. The number of hydrogen-bond donors (Lipinski definition) is 1. The number of sulfonamides is 1. The molecule has 178 valence electrons. The SMILES string of the molecule is COc1ccc(S(=O)(=O)N(CC(=O)N/N=C\c2cc(Br)ccc2OC)Cc2ccccc2)cc1. The Kier molecular flexibility index (Phi) is 8.80. The van der Waals surface area contributed by atoms with Gasteiger partial charge in [-0.3, -0.25) is 4.79 Å². The topological polar surface area (TPSA) is 97.3 Å². The molecule has 0 aromatic heterocycles. The van der Waals surface area contributed by atoms with Crippen molar-refractivity contribution in [2.75, 3.05) is 20.8 Å². The molecular weight excluding hydrogens is 522 g/mol. The molecule has 34 heavy (non-hydrogen) atoms. The van der Waals surface area contributed by atoms with E-state index in [1.807, 2.05) is 24.3 Å². The van der Waals surface area contributed by atoms with Crippen LogP contribution in [0.25, 0.3) is 0 Å². The van der Waals surface area contributed by atoms with Gasteiger partial charge in [0.1, 0.15) is 11.5 Å². The Morgan fingerprint density at radius 2 is 1.74 bits per heavy atom. The van der Waals surface area contributed by atoms with Crippen LogP contribution in [-0.4, -0.2) is 45.6 Å². The van der Waals surface area contributed by atoms with Gasteiger partial charge in [0.25, 0.3) is 5.91 Å². The van der Waals surface area contributed by atoms with E-state index in [2.05, 4.69) is 26.5 Å². The highest BCUT2D eigenvalue weighted by molar-refractivity contribution is 9.10. The molecule has 1 N–H and O–H groups in total. The minimum absolute atomic E-state index is 0.0196. The average molecular weight is 546 g/mol. The Bertz CT molecular complexity index is 1250. The fraction of sp³-hybridized carbons (Fsp3) is 0.167. The molecule has 0 saturated heterocycles. The van der Waals surface area contributed by atoms with E-state index in [1.54, 1.807) is 36.4 Å². The number of ether oxygens (including phenoxy) is 2. The molecule has 0 saturated carbocycles. The van der Waals surface area contributed by atoms with Gasteiger partial charge in [0.2, 0.25) is 10.0 Å². The summed E-state index contributed by atoms with van der Waals surface area (Å²) in [4.78, 5) is 12.7. The molecule has 8 nitrogen and oxygen atoms in total. The molecule has 0 atom stereocenters. The lowest BCUT2D eigenvalue weighted by Crippen LogP contribution is -2.39. The molecule has 3 rings (SSSR count). The van der Waals surface area contributed by atoms with Crippen molar-refractivity contribution in [2.45, 2.75) is 11.4 Å². The van der Waals surface area contributed by atoms with Crippen LogP contribution < -0.4 is 14.9 Å². The van der Waals surface area contributed by atoms with Crippen LogP contribution >= 0.6 is 15.9 Å². The first-order valence-electron chi connectivity index (χ1n) is 10.2. The van der Waals surface area contributed by atoms with Gasteiger partial charge in [0.05, 0.1) is 31.9 Å². The Labute approximate surface area is 207 Å². The maximum absolute atomic E-state index is 13.3. The zero-order chi connectivity index (χ0) is 24.6. The van der Waals surface area contributed by atoms with E-state index in [9.17, 15) is 13.2 Å². The number of nitrogens with one attached hydrogen (secondary N) is 1. The van der Waals surface area contributed by atoms with Gasteiger partial charge in [-0.15, -0.1) is 0 Å². The second-order valence-corrected chi connectivity index (χ2v) is 9.97. The van der Waals surface area contributed by atoms with Crippen molar-refractivity contribution in [3.8, 4) is 11.5 Å². The minimum Gasteiger partial charge on any atom is -0.497 e. The van der Waals surface area contributed by atoms with Crippen LogP contribution in [0.1, 0.15) is 11.1 Å². The van der Waals surface area contributed by atoms with Crippen molar-refractivity contribution in [1.82, 2.24) is 9.73 Å². The van der Waals surface area contributed by atoms with Gasteiger partial charge in [-0.2, -0.15) is 9.41 Å². The van der Waals surface area contributed by atoms with E-state index in [4.69, 9.17) is 9.47 Å². The number of rotatable bonds is 10. The van der Waals surface area contributed by atoms with Gasteiger partial charge in [-0.25, -0.2) is 13.8 Å². The van der Waals surface area contributed by atoms with Gasteiger partial charge in [0.15, 0.2) is 0 Å². The Balaban J connectivity index is 1.79. The van der Waals surface area contributed by atoms with Crippen LogP contribution in [0.15, 0.2) is 87.3 Å². The second kappa shape index (κ2) is 11.8. The van der Waals surface area contributed by atoms with Gasteiger partial charge >= 0.3 is 0 Å². The van der Waals surface area contributed by atoms with Crippen molar-refractivity contribution in [2.24, 2.45) is 5.10 Å². The van der Waals surface area contributed by atoms with Crippen molar-refractivity contribution < 1.29 is 22.7 Å². The van der Waals surface area contributed by atoms with Gasteiger partial charge in [-0.1, -0.05) is 46.3 Å². The Hall–Kier alpha value is -3.21. The predicted molar refractivity (Wildman–Crippen MR) is 133 cm³/mol. The molecule has 0 spiro atoms. The number of hydrogen-bond acceptors (Lipinski definition) is 6. The van der Waals surface area contributed by atoms with Gasteiger partial charge in [-0.05, 0) is 48.0 Å². The summed E-state index contributed by atoms with van der Waals surface area (Å²) in [6, 6.07) is 20.4. The van der Waals surface area contributed by atoms with E-state index >= 15 is 0 Å². The predicted octanol–water partition coefficient (Wildman–Crippen LogP) is 3.81. The molecule has 0 radical (unpaired) electrons. The number of nitrogens with zero attached hydrogens (tertiary/aromatic N) is 2. The molecule has 0 heterocycles. The zero-order valence-electron chi connectivity index (χ0n) is 18.6. The normalized spacial score (nSPS) is 11.5. The molecule has 0 aliphatic rings. The van der Waals surface area contributed by atoms with Crippen LogP contribution in [0.4, 0.5) is 0 Å². The smallest absolute Gasteiger partial charge is 0.255 e. The third-order valence-corrected chi connectivity index (χ3v) is 7.10. The number of carbonyl (C=O) groups excluding carboxylic acids is 1. The molecule has 1 amide bonds. The summed E-state index contributed by atoms with van der Waals surface area (Å²) in [5.41, 5.74) is 3.78. The summed E-state index contributed by atoms with van der Waals surface area (Å²) in [6.45, 7) is -0.401. The number of amides is 1. The first-order chi connectivity index (χ1) is 16.3. The standard InChI is InChI=1S/C24H24BrN3O5S/c1-32-21-9-11-22(12-10-21)34(30,31)28(16-18-6-4-3-5-7-18)17-24(29)27-26-15-19-14-20(25)8-13-23(19)33-2/h3-15H,16-17H2,1-2H3,(H,27,29)/b26-15-. The summed E-state index contributed by atoms with van der Waals surface area (Å²) in [5, 5.41) is 3.97. The molecule has 0 fully saturated rings. The number of methoxy groups -OCH3 is 2. The van der Waals surface area contributed by atoms with Crippen LogP contribution in [0.3, 0.4) is 0 Å². The lowest BCUT2D eigenvalue weighted by atomic mass is 10.2. The van der Waals surface area contributed by atoms with Crippen LogP contribution in [0.2, 0.25) is 0 Å². The lowest BCUT2D eigenvalue weighted by molar-refractivity contribution is -0.121. The van der Waals surface area contributed by atoms with E-state index in [0.29, 0.717) is 17.1 Å². The largest absolute Gasteiger partial charge is 0.497 e. The summed E-state index contributed by atoms with van der Waals surface area (Å²) in [5.74, 6) is 0.524. The third kappa shape index (κ3) is 6.66. The van der Waals surface area contributed by atoms with Crippen molar-refractivity contribution >= 4 is 38.1 Å². The van der Waals surface area contributed by atoms with Crippen LogP contribution in [0.5, 0.6) is 11.5 Å². The van der Waals surface area contributed by atoms with E-state index < -0.39 is 22.5 Å². The molecule has 3 aromatic carbocycles. The van der Waals surface area contributed by atoms with Crippen molar-refractivity contribution in [3.05, 3.63) is 88.4 Å². The molecule has 0 unspecified atom stereocenters. The quantitative estimate of drug-likeness (QED) is 0.308. The highest BCUT2D eigenvalue weighted by Gasteiger charge is 2.27.